The maximum absolute atomic E-state index is 8.92. The van der Waals surface area contributed by atoms with Crippen LogP contribution in [-0.4, -0.2) is 35.5 Å². The first kappa shape index (κ1) is 13.5. The zero-order valence-electron chi connectivity index (χ0n) is 10.9. The third-order valence-electron chi connectivity index (χ3n) is 3.93. The molecule has 16 heavy (non-hydrogen) atoms. The largest absolute Gasteiger partial charge is 0.411 e. The monoisotopic (exact) mass is 226 g/mol. The third-order valence-corrected chi connectivity index (χ3v) is 3.93. The topological polar surface area (TPSA) is 35.8 Å². The number of hydrogen-bond acceptors (Lipinski definition) is 3. The second kappa shape index (κ2) is 6.89. The number of oxime groups is 1. The molecule has 3 nitrogen and oxygen atoms in total. The van der Waals surface area contributed by atoms with Gasteiger partial charge in [-0.3, -0.25) is 0 Å². The zero-order valence-corrected chi connectivity index (χ0v) is 10.9. The van der Waals surface area contributed by atoms with Crippen LogP contribution < -0.4 is 0 Å². The molecule has 1 fully saturated rings. The Kier molecular flexibility index (Phi) is 5.81. The van der Waals surface area contributed by atoms with Gasteiger partial charge in [0.1, 0.15) is 0 Å². The van der Waals surface area contributed by atoms with Crippen LogP contribution in [0.2, 0.25) is 0 Å². The summed E-state index contributed by atoms with van der Waals surface area (Å²) in [6.45, 7) is 10.1. The van der Waals surface area contributed by atoms with E-state index >= 15 is 0 Å². The fourth-order valence-electron chi connectivity index (χ4n) is 2.56. The van der Waals surface area contributed by atoms with Gasteiger partial charge in [-0.05, 0) is 12.3 Å². The lowest BCUT2D eigenvalue weighted by Crippen LogP contribution is -2.42. The molecule has 0 radical (unpaired) electrons. The second-order valence-electron chi connectivity index (χ2n) is 4.89. The molecule has 0 aromatic rings. The highest BCUT2D eigenvalue weighted by atomic mass is 16.4. The molecule has 1 saturated heterocycles. The average Bonchev–Trinajstić information content (AvgIpc) is 2.35. The molecule has 0 spiro atoms. The van der Waals surface area contributed by atoms with Gasteiger partial charge >= 0.3 is 0 Å². The lowest BCUT2D eigenvalue weighted by Gasteiger charge is -2.34. The van der Waals surface area contributed by atoms with Gasteiger partial charge in [0.25, 0.3) is 0 Å². The predicted molar refractivity (Wildman–Crippen MR) is 68.1 cm³/mol. The smallest absolute Gasteiger partial charge is 0.0627 e. The highest BCUT2D eigenvalue weighted by Gasteiger charge is 2.25. The van der Waals surface area contributed by atoms with Crippen LogP contribution in [0.5, 0.6) is 0 Å². The first-order chi connectivity index (χ1) is 7.74. The summed E-state index contributed by atoms with van der Waals surface area (Å²) >= 11 is 0. The van der Waals surface area contributed by atoms with Crippen molar-refractivity contribution < 1.29 is 5.21 Å². The van der Waals surface area contributed by atoms with Crippen LogP contribution in [0.4, 0.5) is 0 Å². The van der Waals surface area contributed by atoms with Gasteiger partial charge in [0.2, 0.25) is 0 Å². The highest BCUT2D eigenvalue weighted by molar-refractivity contribution is 5.87. The van der Waals surface area contributed by atoms with E-state index in [1.54, 1.807) is 0 Å². The van der Waals surface area contributed by atoms with Gasteiger partial charge in [-0.15, -0.1) is 0 Å². The van der Waals surface area contributed by atoms with Crippen LogP contribution in [-0.2, 0) is 0 Å². The normalized spacial score (nSPS) is 25.5. The number of hydrogen-bond donors (Lipinski definition) is 1. The summed E-state index contributed by atoms with van der Waals surface area (Å²) in [6.07, 6.45) is 4.56. The summed E-state index contributed by atoms with van der Waals surface area (Å²) < 4.78 is 0. The Morgan fingerprint density at radius 1 is 1.38 bits per heavy atom. The van der Waals surface area contributed by atoms with Crippen LogP contribution in [0.25, 0.3) is 0 Å². The maximum Gasteiger partial charge on any atom is 0.0627 e. The summed E-state index contributed by atoms with van der Waals surface area (Å²) in [5.74, 6) is 1.29. The fourth-order valence-corrected chi connectivity index (χ4v) is 2.56. The first-order valence-electron chi connectivity index (χ1n) is 6.68. The zero-order chi connectivity index (χ0) is 12.0. The van der Waals surface area contributed by atoms with E-state index in [0.29, 0.717) is 5.92 Å². The summed E-state index contributed by atoms with van der Waals surface area (Å²) in [5.41, 5.74) is 1.00. The van der Waals surface area contributed by atoms with Crippen molar-refractivity contribution in [3.8, 4) is 0 Å². The Morgan fingerprint density at radius 2 is 2.06 bits per heavy atom. The summed E-state index contributed by atoms with van der Waals surface area (Å²) in [6, 6.07) is 0. The van der Waals surface area contributed by atoms with Gasteiger partial charge in [0.05, 0.1) is 5.71 Å². The molecule has 94 valence electrons. The fraction of sp³-hybridized carbons (Fsp3) is 0.923. The summed E-state index contributed by atoms with van der Waals surface area (Å²) in [5, 5.41) is 12.4. The Balaban J connectivity index is 2.47. The van der Waals surface area contributed by atoms with Crippen molar-refractivity contribution >= 4 is 5.71 Å². The molecule has 1 atom stereocenters. The van der Waals surface area contributed by atoms with E-state index in [0.717, 1.165) is 37.6 Å². The summed E-state index contributed by atoms with van der Waals surface area (Å²) in [4.78, 5) is 2.54. The molecular weight excluding hydrogens is 200 g/mol. The molecule has 1 aliphatic rings. The van der Waals surface area contributed by atoms with Crippen molar-refractivity contribution in [2.75, 3.05) is 19.6 Å². The second-order valence-corrected chi connectivity index (χ2v) is 4.89. The van der Waals surface area contributed by atoms with Crippen molar-refractivity contribution in [3.05, 3.63) is 0 Å². The Bertz CT molecular complexity index is 224. The molecule has 0 aromatic carbocycles. The Hall–Kier alpha value is -0.570. The number of nitrogens with zero attached hydrogens (tertiary/aromatic N) is 2. The summed E-state index contributed by atoms with van der Waals surface area (Å²) in [7, 11) is 0. The van der Waals surface area contributed by atoms with Crippen molar-refractivity contribution in [3.63, 3.8) is 0 Å². The molecule has 1 heterocycles. The Labute approximate surface area is 99.5 Å². The van der Waals surface area contributed by atoms with Crippen molar-refractivity contribution in [1.82, 2.24) is 4.90 Å². The van der Waals surface area contributed by atoms with Gasteiger partial charge in [-0.1, -0.05) is 38.8 Å². The molecule has 0 aliphatic carbocycles. The quantitative estimate of drug-likeness (QED) is 0.578. The SMILES string of the molecule is CCC(CC)CN1CCC(=NO)C(CC)C1. The van der Waals surface area contributed by atoms with Crippen molar-refractivity contribution in [1.29, 1.82) is 0 Å². The van der Waals surface area contributed by atoms with Crippen LogP contribution in [0.1, 0.15) is 46.5 Å². The predicted octanol–water partition coefficient (Wildman–Crippen LogP) is 2.98. The lowest BCUT2D eigenvalue weighted by molar-refractivity contribution is 0.192. The standard InChI is InChI=1S/C13H26N2O/c1-4-11(5-2)9-15-8-7-13(14-16)12(6-3)10-15/h11-12,16H,4-10H2,1-3H3. The van der Waals surface area contributed by atoms with Gasteiger partial charge in [-0.2, -0.15) is 0 Å². The molecule has 1 unspecified atom stereocenters. The van der Waals surface area contributed by atoms with Crippen LogP contribution in [0.15, 0.2) is 5.16 Å². The van der Waals surface area contributed by atoms with Crippen molar-refractivity contribution in [2.24, 2.45) is 17.0 Å². The van der Waals surface area contributed by atoms with E-state index in [-0.39, 0.29) is 0 Å². The Morgan fingerprint density at radius 3 is 2.56 bits per heavy atom. The van der Waals surface area contributed by atoms with Gasteiger partial charge < -0.3 is 10.1 Å². The van der Waals surface area contributed by atoms with E-state index in [9.17, 15) is 0 Å². The highest BCUT2D eigenvalue weighted by Crippen LogP contribution is 2.20. The first-order valence-corrected chi connectivity index (χ1v) is 6.68. The van der Waals surface area contributed by atoms with Crippen molar-refractivity contribution in [2.45, 2.75) is 46.5 Å². The molecule has 1 N–H and O–H groups in total. The number of likely N-dealkylation sites (tertiary alicyclic amines) is 1. The van der Waals surface area contributed by atoms with E-state index in [4.69, 9.17) is 5.21 Å². The van der Waals surface area contributed by atoms with E-state index in [1.807, 2.05) is 0 Å². The van der Waals surface area contributed by atoms with Crippen LogP contribution >= 0.6 is 0 Å². The molecule has 3 heteroatoms. The average molecular weight is 226 g/mol. The van der Waals surface area contributed by atoms with Gasteiger partial charge in [0, 0.05) is 32.0 Å². The number of piperidine rings is 1. The molecule has 0 amide bonds. The van der Waals surface area contributed by atoms with Gasteiger partial charge in [0.15, 0.2) is 0 Å². The molecular formula is C13H26N2O. The molecule has 0 saturated carbocycles. The van der Waals surface area contributed by atoms with Gasteiger partial charge in [-0.25, -0.2) is 0 Å². The molecule has 0 bridgehead atoms. The minimum absolute atomic E-state index is 0.466. The molecule has 1 rings (SSSR count). The van der Waals surface area contributed by atoms with Crippen LogP contribution in [0.3, 0.4) is 0 Å². The van der Waals surface area contributed by atoms with E-state index in [1.165, 1.54) is 19.4 Å². The minimum Gasteiger partial charge on any atom is -0.411 e. The molecule has 1 aliphatic heterocycles. The van der Waals surface area contributed by atoms with E-state index < -0.39 is 0 Å². The number of rotatable bonds is 5. The minimum atomic E-state index is 0.466. The lowest BCUT2D eigenvalue weighted by atomic mass is 9.92. The molecule has 0 aromatic heterocycles. The maximum atomic E-state index is 8.92. The van der Waals surface area contributed by atoms with E-state index in [2.05, 4.69) is 30.8 Å². The van der Waals surface area contributed by atoms with Crippen LogP contribution in [0, 0.1) is 11.8 Å². The third kappa shape index (κ3) is 3.48.